The second kappa shape index (κ2) is 5.20. The third-order valence-electron chi connectivity index (χ3n) is 4.13. The quantitative estimate of drug-likeness (QED) is 0.733. The van der Waals surface area contributed by atoms with Gasteiger partial charge in [-0.25, -0.2) is 4.98 Å². The molecule has 0 N–H and O–H groups in total. The predicted molar refractivity (Wildman–Crippen MR) is 87.1 cm³/mol. The summed E-state index contributed by atoms with van der Waals surface area (Å²) in [5.74, 6) is 1.79. The zero-order chi connectivity index (χ0) is 15.2. The van der Waals surface area contributed by atoms with Crippen LogP contribution in [0, 0.1) is 5.41 Å². The van der Waals surface area contributed by atoms with Crippen molar-refractivity contribution in [1.29, 1.82) is 0 Å². The molecule has 1 atom stereocenters. The van der Waals surface area contributed by atoms with Crippen molar-refractivity contribution in [3.8, 4) is 5.75 Å². The minimum atomic E-state index is -0.105. The molecule has 1 aromatic carbocycles. The number of rotatable bonds is 5. The number of para-hydroxylation sites is 1. The normalized spacial score (nSPS) is 18.2. The van der Waals surface area contributed by atoms with Crippen molar-refractivity contribution in [2.75, 3.05) is 0 Å². The van der Waals surface area contributed by atoms with Gasteiger partial charge in [0.05, 0.1) is 17.0 Å². The summed E-state index contributed by atoms with van der Waals surface area (Å²) in [6.45, 7) is 9.37. The molecule has 0 amide bonds. The Morgan fingerprint density at radius 1 is 1.33 bits per heavy atom. The van der Waals surface area contributed by atoms with E-state index in [4.69, 9.17) is 21.3 Å². The van der Waals surface area contributed by atoms with Gasteiger partial charge < -0.3 is 9.30 Å². The van der Waals surface area contributed by atoms with E-state index < -0.39 is 0 Å². The van der Waals surface area contributed by atoms with E-state index in [-0.39, 0.29) is 11.5 Å². The van der Waals surface area contributed by atoms with Gasteiger partial charge in [0.1, 0.15) is 17.1 Å². The number of benzene rings is 1. The van der Waals surface area contributed by atoms with Crippen LogP contribution in [0.1, 0.15) is 51.7 Å². The monoisotopic (exact) mass is 306 g/mol. The molecule has 4 heteroatoms. The summed E-state index contributed by atoms with van der Waals surface area (Å²) < 4.78 is 8.19. The molecular formula is C17H23ClN2O. The number of fused-ring (bicyclic) bond motifs is 1. The van der Waals surface area contributed by atoms with Gasteiger partial charge in [-0.15, -0.1) is 11.6 Å². The molecule has 1 aliphatic rings. The third kappa shape index (κ3) is 2.89. The van der Waals surface area contributed by atoms with E-state index >= 15 is 0 Å². The summed E-state index contributed by atoms with van der Waals surface area (Å²) in [4.78, 5) is 4.78. The Balaban J connectivity index is 2.12. The van der Waals surface area contributed by atoms with E-state index in [1.165, 1.54) is 12.8 Å². The van der Waals surface area contributed by atoms with E-state index in [9.17, 15) is 0 Å². The molecule has 1 heterocycles. The van der Waals surface area contributed by atoms with Crippen LogP contribution in [0.15, 0.2) is 18.2 Å². The van der Waals surface area contributed by atoms with Crippen LogP contribution in [0.5, 0.6) is 5.75 Å². The van der Waals surface area contributed by atoms with Crippen LogP contribution in [0.4, 0.5) is 0 Å². The zero-order valence-electron chi connectivity index (χ0n) is 13.2. The lowest BCUT2D eigenvalue weighted by Crippen LogP contribution is -2.11. The Bertz CT molecular complexity index is 656. The highest BCUT2D eigenvalue weighted by molar-refractivity contribution is 6.20. The van der Waals surface area contributed by atoms with E-state index in [0.29, 0.717) is 5.41 Å². The van der Waals surface area contributed by atoms with Crippen LogP contribution in [-0.4, -0.2) is 15.7 Å². The van der Waals surface area contributed by atoms with Crippen LogP contribution >= 0.6 is 11.6 Å². The maximum Gasteiger partial charge on any atom is 0.147 e. The third-order valence-corrected chi connectivity index (χ3v) is 4.33. The topological polar surface area (TPSA) is 27.1 Å². The summed E-state index contributed by atoms with van der Waals surface area (Å²) in [7, 11) is 0. The molecule has 3 rings (SSSR count). The van der Waals surface area contributed by atoms with Crippen molar-refractivity contribution in [1.82, 2.24) is 9.55 Å². The highest BCUT2D eigenvalue weighted by Crippen LogP contribution is 2.47. The van der Waals surface area contributed by atoms with Gasteiger partial charge in [0.2, 0.25) is 0 Å². The van der Waals surface area contributed by atoms with Crippen molar-refractivity contribution in [3.05, 3.63) is 24.0 Å². The average Bonchev–Trinajstić information content (AvgIpc) is 2.99. The van der Waals surface area contributed by atoms with Gasteiger partial charge in [0.15, 0.2) is 0 Å². The van der Waals surface area contributed by atoms with Gasteiger partial charge >= 0.3 is 0 Å². The first-order chi connectivity index (χ1) is 9.89. The molecule has 0 spiro atoms. The largest absolute Gasteiger partial charge is 0.489 e. The van der Waals surface area contributed by atoms with E-state index in [0.717, 1.165) is 29.2 Å². The van der Waals surface area contributed by atoms with Crippen molar-refractivity contribution in [2.45, 2.75) is 58.6 Å². The van der Waals surface area contributed by atoms with Crippen LogP contribution in [0.3, 0.4) is 0 Å². The highest BCUT2D eigenvalue weighted by Gasteiger charge is 2.38. The Morgan fingerprint density at radius 2 is 2.05 bits per heavy atom. The summed E-state index contributed by atoms with van der Waals surface area (Å²) in [5, 5.41) is -0.105. The van der Waals surface area contributed by atoms with Gasteiger partial charge in [0, 0.05) is 6.54 Å². The predicted octanol–water partition coefficient (Wildman–Crippen LogP) is 4.92. The molecule has 1 saturated carbocycles. The first-order valence-corrected chi connectivity index (χ1v) is 8.13. The molecule has 1 unspecified atom stereocenters. The molecule has 1 fully saturated rings. The molecule has 0 bridgehead atoms. The van der Waals surface area contributed by atoms with Gasteiger partial charge in [-0.3, -0.25) is 0 Å². The number of hydrogen-bond acceptors (Lipinski definition) is 2. The molecule has 0 radical (unpaired) electrons. The second-order valence-electron chi connectivity index (χ2n) is 6.77. The molecule has 3 nitrogen and oxygen atoms in total. The Labute approximate surface area is 131 Å². The Hall–Kier alpha value is -1.22. The molecule has 0 saturated heterocycles. The van der Waals surface area contributed by atoms with Crippen LogP contribution in [-0.2, 0) is 6.54 Å². The van der Waals surface area contributed by atoms with Crippen LogP contribution in [0.2, 0.25) is 0 Å². The fourth-order valence-electron chi connectivity index (χ4n) is 2.71. The minimum absolute atomic E-state index is 0.105. The van der Waals surface area contributed by atoms with Crippen molar-refractivity contribution >= 4 is 22.6 Å². The molecule has 21 heavy (non-hydrogen) atoms. The lowest BCUT2D eigenvalue weighted by Gasteiger charge is -2.15. The molecule has 1 aliphatic carbocycles. The number of aromatic nitrogens is 2. The first-order valence-electron chi connectivity index (χ1n) is 7.69. The minimum Gasteiger partial charge on any atom is -0.489 e. The van der Waals surface area contributed by atoms with Crippen LogP contribution < -0.4 is 4.74 Å². The summed E-state index contributed by atoms with van der Waals surface area (Å²) >= 11 is 6.36. The lowest BCUT2D eigenvalue weighted by molar-refractivity contribution is 0.245. The number of ether oxygens (including phenoxy) is 1. The molecular weight excluding hydrogens is 284 g/mol. The fourth-order valence-corrected chi connectivity index (χ4v) is 2.88. The molecule has 2 aromatic rings. The smallest absolute Gasteiger partial charge is 0.147 e. The van der Waals surface area contributed by atoms with Gasteiger partial charge in [0.25, 0.3) is 0 Å². The SMILES string of the molecule is CC(C)Oc1cccc2c1nc(C(C)Cl)n2CC1(C)CC1. The van der Waals surface area contributed by atoms with E-state index in [2.05, 4.69) is 17.6 Å². The second-order valence-corrected chi connectivity index (χ2v) is 7.43. The maximum atomic E-state index is 6.36. The molecule has 114 valence electrons. The van der Waals surface area contributed by atoms with Crippen molar-refractivity contribution < 1.29 is 4.74 Å². The summed E-state index contributed by atoms with van der Waals surface area (Å²) in [6, 6.07) is 6.14. The van der Waals surface area contributed by atoms with Crippen molar-refractivity contribution in [2.24, 2.45) is 5.41 Å². The van der Waals surface area contributed by atoms with Crippen LogP contribution in [0.25, 0.3) is 11.0 Å². The fraction of sp³-hybridized carbons (Fsp3) is 0.588. The van der Waals surface area contributed by atoms with Gasteiger partial charge in [-0.1, -0.05) is 13.0 Å². The average molecular weight is 307 g/mol. The summed E-state index contributed by atoms with van der Waals surface area (Å²) in [5.41, 5.74) is 2.46. The lowest BCUT2D eigenvalue weighted by atomic mass is 10.1. The van der Waals surface area contributed by atoms with E-state index in [1.807, 2.05) is 32.9 Å². The van der Waals surface area contributed by atoms with E-state index in [1.54, 1.807) is 0 Å². The number of alkyl halides is 1. The number of hydrogen-bond donors (Lipinski definition) is 0. The summed E-state index contributed by atoms with van der Waals surface area (Å²) in [6.07, 6.45) is 2.70. The standard InChI is InChI=1S/C17H23ClN2O/c1-11(2)21-14-7-5-6-13-15(14)19-16(12(3)18)20(13)10-17(4)8-9-17/h5-7,11-12H,8-10H2,1-4H3. The Kier molecular flexibility index (Phi) is 3.64. The number of nitrogens with zero attached hydrogens (tertiary/aromatic N) is 2. The Morgan fingerprint density at radius 3 is 2.62 bits per heavy atom. The number of imidazole rings is 1. The molecule has 0 aliphatic heterocycles. The zero-order valence-corrected chi connectivity index (χ0v) is 13.9. The van der Waals surface area contributed by atoms with Gasteiger partial charge in [-0.2, -0.15) is 0 Å². The van der Waals surface area contributed by atoms with Gasteiger partial charge in [-0.05, 0) is 51.2 Å². The first kappa shape index (κ1) is 14.7. The number of halogens is 1. The van der Waals surface area contributed by atoms with Crippen molar-refractivity contribution in [3.63, 3.8) is 0 Å². The maximum absolute atomic E-state index is 6.36. The highest BCUT2D eigenvalue weighted by atomic mass is 35.5. The molecule has 1 aromatic heterocycles.